The summed E-state index contributed by atoms with van der Waals surface area (Å²) in [6, 6.07) is 5.04. The number of amides is 1. The first-order valence-corrected chi connectivity index (χ1v) is 10.1. The molecule has 0 aliphatic carbocycles. The van der Waals surface area contributed by atoms with Crippen molar-refractivity contribution < 1.29 is 9.18 Å². The van der Waals surface area contributed by atoms with Crippen molar-refractivity contribution >= 4 is 23.6 Å². The van der Waals surface area contributed by atoms with E-state index in [1.165, 1.54) is 17.8 Å². The highest BCUT2D eigenvalue weighted by Crippen LogP contribution is 2.35. The number of nitrogens with one attached hydrogen (secondary N) is 1. The van der Waals surface area contributed by atoms with Gasteiger partial charge in [-0.1, -0.05) is 6.08 Å². The normalized spacial score (nSPS) is 17.9. The Morgan fingerprint density at radius 2 is 2.19 bits per heavy atom. The van der Waals surface area contributed by atoms with Crippen LogP contribution < -0.4 is 11.1 Å². The number of anilines is 2. The van der Waals surface area contributed by atoms with Gasteiger partial charge in [-0.25, -0.2) is 4.98 Å². The zero-order valence-corrected chi connectivity index (χ0v) is 17.0. The van der Waals surface area contributed by atoms with Gasteiger partial charge in [0, 0.05) is 50.0 Å². The number of aliphatic imine (C=N–C) groups is 1. The SMILES string of the molecule is N#CCC1(n2cc(C(N)=O)c(Nc3ccnc(F)c3)n2)CCN(CC2=CCN=C2)CC1. The fourth-order valence-corrected chi connectivity index (χ4v) is 4.02. The van der Waals surface area contributed by atoms with E-state index >= 15 is 0 Å². The molecule has 4 heterocycles. The number of halogens is 1. The molecule has 0 saturated carbocycles. The van der Waals surface area contributed by atoms with E-state index < -0.39 is 17.4 Å². The number of nitrogens with zero attached hydrogens (tertiary/aromatic N) is 6. The molecule has 10 heteroatoms. The number of piperidine rings is 1. The highest BCUT2D eigenvalue weighted by Gasteiger charge is 2.38. The van der Waals surface area contributed by atoms with Crippen LogP contribution in [-0.4, -0.2) is 58.0 Å². The summed E-state index contributed by atoms with van der Waals surface area (Å²) in [6.07, 6.45) is 8.58. The lowest BCUT2D eigenvalue weighted by Gasteiger charge is -2.40. The summed E-state index contributed by atoms with van der Waals surface area (Å²) in [5, 5.41) is 17.0. The van der Waals surface area contributed by atoms with Gasteiger partial charge in [0.2, 0.25) is 5.95 Å². The van der Waals surface area contributed by atoms with Gasteiger partial charge in [-0.05, 0) is 24.5 Å². The third-order valence-corrected chi connectivity index (χ3v) is 5.77. The molecule has 2 aliphatic heterocycles. The van der Waals surface area contributed by atoms with Crippen LogP contribution in [0.2, 0.25) is 0 Å². The second-order valence-corrected chi connectivity index (χ2v) is 7.80. The smallest absolute Gasteiger partial charge is 0.254 e. The molecular weight excluding hydrogens is 399 g/mol. The summed E-state index contributed by atoms with van der Waals surface area (Å²) in [4.78, 5) is 22.1. The fourth-order valence-electron chi connectivity index (χ4n) is 4.02. The van der Waals surface area contributed by atoms with Gasteiger partial charge in [0.05, 0.1) is 24.6 Å². The zero-order chi connectivity index (χ0) is 21.8. The molecule has 1 amide bonds. The number of pyridine rings is 1. The average Bonchev–Trinajstić information content (AvgIpc) is 3.40. The Bertz CT molecular complexity index is 1080. The van der Waals surface area contributed by atoms with Crippen LogP contribution in [0.15, 0.2) is 41.2 Å². The van der Waals surface area contributed by atoms with E-state index in [1.54, 1.807) is 16.9 Å². The second kappa shape index (κ2) is 8.65. The van der Waals surface area contributed by atoms with Gasteiger partial charge in [0.1, 0.15) is 5.56 Å². The monoisotopic (exact) mass is 422 g/mol. The van der Waals surface area contributed by atoms with Crippen molar-refractivity contribution in [3.8, 4) is 6.07 Å². The predicted molar refractivity (Wildman–Crippen MR) is 114 cm³/mol. The molecule has 160 valence electrons. The van der Waals surface area contributed by atoms with Crippen LogP contribution in [0.1, 0.15) is 29.6 Å². The van der Waals surface area contributed by atoms with E-state index in [9.17, 15) is 14.4 Å². The van der Waals surface area contributed by atoms with Gasteiger partial charge in [0.25, 0.3) is 5.91 Å². The topological polar surface area (TPSA) is 125 Å². The van der Waals surface area contributed by atoms with Crippen LogP contribution in [0.25, 0.3) is 0 Å². The van der Waals surface area contributed by atoms with Crippen molar-refractivity contribution in [1.82, 2.24) is 19.7 Å². The van der Waals surface area contributed by atoms with Crippen molar-refractivity contribution in [2.24, 2.45) is 10.7 Å². The number of carbonyl (C=O) groups excluding carboxylic acids is 1. The van der Waals surface area contributed by atoms with Gasteiger partial charge in [0.15, 0.2) is 5.82 Å². The predicted octanol–water partition coefficient (Wildman–Crippen LogP) is 1.98. The Labute approximate surface area is 179 Å². The summed E-state index contributed by atoms with van der Waals surface area (Å²) in [5.74, 6) is -1.08. The molecule has 3 N–H and O–H groups in total. The lowest BCUT2D eigenvalue weighted by molar-refractivity contribution is 0.0997. The Morgan fingerprint density at radius 1 is 1.39 bits per heavy atom. The molecule has 0 unspecified atom stereocenters. The lowest BCUT2D eigenvalue weighted by atomic mass is 9.84. The first-order chi connectivity index (χ1) is 15.0. The minimum absolute atomic E-state index is 0.185. The maximum absolute atomic E-state index is 13.4. The summed E-state index contributed by atoms with van der Waals surface area (Å²) < 4.78 is 15.1. The maximum Gasteiger partial charge on any atom is 0.254 e. The van der Waals surface area contributed by atoms with Gasteiger partial charge in [-0.15, -0.1) is 0 Å². The van der Waals surface area contributed by atoms with Crippen molar-refractivity contribution in [3.63, 3.8) is 0 Å². The average molecular weight is 422 g/mol. The number of carbonyl (C=O) groups is 1. The Morgan fingerprint density at radius 3 is 2.84 bits per heavy atom. The highest BCUT2D eigenvalue weighted by molar-refractivity contribution is 5.98. The minimum atomic E-state index is -0.653. The number of rotatable bonds is 7. The van der Waals surface area contributed by atoms with Crippen molar-refractivity contribution in [2.45, 2.75) is 24.8 Å². The molecule has 2 aliphatic rings. The number of primary amides is 1. The molecular formula is C21H23FN8O. The molecule has 1 fully saturated rings. The second-order valence-electron chi connectivity index (χ2n) is 7.80. The van der Waals surface area contributed by atoms with Crippen LogP contribution >= 0.6 is 0 Å². The minimum Gasteiger partial charge on any atom is -0.365 e. The summed E-state index contributed by atoms with van der Waals surface area (Å²) in [6.45, 7) is 3.15. The van der Waals surface area contributed by atoms with Crippen LogP contribution in [0.5, 0.6) is 0 Å². The van der Waals surface area contributed by atoms with Crippen LogP contribution in [-0.2, 0) is 5.54 Å². The Hall–Kier alpha value is -3.58. The fraction of sp³-hybridized carbons (Fsp3) is 0.381. The molecule has 31 heavy (non-hydrogen) atoms. The standard InChI is InChI=1S/C21H23FN8O/c22-18-11-16(2-8-26-18)27-20-17(19(24)31)14-30(28-20)21(3-6-23)4-9-29(10-5-21)13-15-1-7-25-12-15/h1-2,8,11-12,14H,3-5,7,9-10,13H2,(H2,24,31)(H,26,27,28). The third kappa shape index (κ3) is 4.46. The van der Waals surface area contributed by atoms with Gasteiger partial charge in [-0.2, -0.15) is 14.8 Å². The van der Waals surface area contributed by atoms with Crippen molar-refractivity contribution in [1.29, 1.82) is 5.26 Å². The number of likely N-dealkylation sites (tertiary alicyclic amines) is 1. The van der Waals surface area contributed by atoms with Crippen LogP contribution in [0, 0.1) is 17.3 Å². The van der Waals surface area contributed by atoms with E-state index in [1.807, 2.05) is 6.21 Å². The quantitative estimate of drug-likeness (QED) is 0.657. The number of nitrogens with two attached hydrogens (primary N) is 1. The van der Waals surface area contributed by atoms with E-state index in [4.69, 9.17) is 5.73 Å². The Kier molecular flexibility index (Phi) is 5.77. The van der Waals surface area contributed by atoms with Crippen molar-refractivity contribution in [3.05, 3.63) is 47.7 Å². The highest BCUT2D eigenvalue weighted by atomic mass is 19.1. The molecule has 2 aromatic rings. The van der Waals surface area contributed by atoms with E-state index in [0.717, 1.165) is 26.2 Å². The summed E-state index contributed by atoms with van der Waals surface area (Å²) in [5.41, 5.74) is 6.81. The largest absolute Gasteiger partial charge is 0.365 e. The third-order valence-electron chi connectivity index (χ3n) is 5.77. The lowest BCUT2D eigenvalue weighted by Crippen LogP contribution is -2.46. The van der Waals surface area contributed by atoms with E-state index in [0.29, 0.717) is 18.5 Å². The van der Waals surface area contributed by atoms with E-state index in [-0.39, 0.29) is 17.8 Å². The van der Waals surface area contributed by atoms with E-state index in [2.05, 4.69) is 37.4 Å². The molecule has 2 aromatic heterocycles. The molecule has 9 nitrogen and oxygen atoms in total. The Balaban J connectivity index is 1.57. The first kappa shape index (κ1) is 20.7. The molecule has 0 atom stereocenters. The molecule has 0 aromatic carbocycles. The molecule has 0 spiro atoms. The van der Waals surface area contributed by atoms with Gasteiger partial charge >= 0.3 is 0 Å². The zero-order valence-electron chi connectivity index (χ0n) is 17.0. The number of hydrogen-bond acceptors (Lipinski definition) is 7. The van der Waals surface area contributed by atoms with Crippen LogP contribution in [0.3, 0.4) is 0 Å². The molecule has 1 saturated heterocycles. The summed E-state index contributed by atoms with van der Waals surface area (Å²) in [7, 11) is 0. The van der Waals surface area contributed by atoms with Gasteiger partial charge in [-0.3, -0.25) is 19.4 Å². The number of nitriles is 1. The van der Waals surface area contributed by atoms with Crippen LogP contribution in [0.4, 0.5) is 15.9 Å². The number of hydrogen-bond donors (Lipinski definition) is 2. The molecule has 0 radical (unpaired) electrons. The maximum atomic E-state index is 13.4. The summed E-state index contributed by atoms with van der Waals surface area (Å²) >= 11 is 0. The molecule has 0 bridgehead atoms. The van der Waals surface area contributed by atoms with Gasteiger partial charge < -0.3 is 11.1 Å². The number of aromatic nitrogens is 3. The van der Waals surface area contributed by atoms with Crippen molar-refractivity contribution in [2.75, 3.05) is 31.5 Å². The first-order valence-electron chi connectivity index (χ1n) is 10.1. The molecule has 4 rings (SSSR count).